The molecule has 0 N–H and O–H groups in total. The molecule has 12 heavy (non-hydrogen) atoms. The Labute approximate surface area is 75.9 Å². The van der Waals surface area contributed by atoms with E-state index in [0.29, 0.717) is 18.2 Å². The van der Waals surface area contributed by atoms with Gasteiger partial charge in [0.25, 0.3) is 0 Å². The minimum absolute atomic E-state index is 0.479. The van der Waals surface area contributed by atoms with Crippen molar-refractivity contribution < 1.29 is 4.74 Å². The van der Waals surface area contributed by atoms with Crippen molar-refractivity contribution in [3.63, 3.8) is 0 Å². The summed E-state index contributed by atoms with van der Waals surface area (Å²) in [7, 11) is 0. The monoisotopic (exact) mass is 171 g/mol. The minimum atomic E-state index is 0.479. The zero-order valence-electron chi connectivity index (χ0n) is 8.71. The maximum absolute atomic E-state index is 5.61. The van der Waals surface area contributed by atoms with Crippen molar-refractivity contribution in [2.45, 2.75) is 52.3 Å². The maximum atomic E-state index is 5.61. The zero-order chi connectivity index (χ0) is 9.14. The quantitative estimate of drug-likeness (QED) is 0.643. The SMILES string of the molecule is CCOC1CC(C)N(C(C)C)C1. The van der Waals surface area contributed by atoms with Crippen LogP contribution < -0.4 is 0 Å². The molecule has 1 saturated heterocycles. The van der Waals surface area contributed by atoms with Crippen LogP contribution in [0, 0.1) is 0 Å². The van der Waals surface area contributed by atoms with E-state index in [2.05, 4.69) is 32.6 Å². The van der Waals surface area contributed by atoms with Gasteiger partial charge < -0.3 is 4.74 Å². The Kier molecular flexibility index (Phi) is 3.53. The van der Waals surface area contributed by atoms with E-state index >= 15 is 0 Å². The van der Waals surface area contributed by atoms with Crippen LogP contribution in [-0.4, -0.2) is 36.2 Å². The molecule has 1 aliphatic heterocycles. The van der Waals surface area contributed by atoms with Gasteiger partial charge in [-0.25, -0.2) is 0 Å². The summed E-state index contributed by atoms with van der Waals surface area (Å²) >= 11 is 0. The minimum Gasteiger partial charge on any atom is -0.377 e. The van der Waals surface area contributed by atoms with Gasteiger partial charge in [0.2, 0.25) is 0 Å². The van der Waals surface area contributed by atoms with Crippen molar-refractivity contribution in [1.29, 1.82) is 0 Å². The molecule has 1 heterocycles. The van der Waals surface area contributed by atoms with Gasteiger partial charge in [-0.3, -0.25) is 4.90 Å². The van der Waals surface area contributed by atoms with Crippen LogP contribution in [0.5, 0.6) is 0 Å². The molecule has 1 aliphatic rings. The van der Waals surface area contributed by atoms with Gasteiger partial charge in [0.1, 0.15) is 0 Å². The number of likely N-dealkylation sites (tertiary alicyclic amines) is 1. The molecule has 0 aliphatic carbocycles. The van der Waals surface area contributed by atoms with E-state index in [1.165, 1.54) is 6.42 Å². The van der Waals surface area contributed by atoms with E-state index in [9.17, 15) is 0 Å². The molecule has 0 spiro atoms. The normalized spacial score (nSPS) is 31.8. The zero-order valence-corrected chi connectivity index (χ0v) is 8.71. The number of rotatable bonds is 3. The lowest BCUT2D eigenvalue weighted by Gasteiger charge is -2.24. The summed E-state index contributed by atoms with van der Waals surface area (Å²) in [6.07, 6.45) is 1.68. The molecule has 1 fully saturated rings. The Bertz CT molecular complexity index is 136. The molecular weight excluding hydrogens is 150 g/mol. The molecule has 2 nitrogen and oxygen atoms in total. The summed E-state index contributed by atoms with van der Waals surface area (Å²) < 4.78 is 5.61. The van der Waals surface area contributed by atoms with E-state index in [0.717, 1.165) is 13.2 Å². The summed E-state index contributed by atoms with van der Waals surface area (Å²) in [5.74, 6) is 0. The van der Waals surface area contributed by atoms with Crippen LogP contribution >= 0.6 is 0 Å². The first-order chi connectivity index (χ1) is 5.65. The van der Waals surface area contributed by atoms with Crippen molar-refractivity contribution in [3.8, 4) is 0 Å². The fourth-order valence-corrected chi connectivity index (χ4v) is 2.08. The molecule has 0 amide bonds. The van der Waals surface area contributed by atoms with Crippen LogP contribution in [0.2, 0.25) is 0 Å². The number of ether oxygens (including phenoxy) is 1. The number of hydrogen-bond acceptors (Lipinski definition) is 2. The van der Waals surface area contributed by atoms with E-state index in [1.54, 1.807) is 0 Å². The third kappa shape index (κ3) is 2.20. The second-order valence-corrected chi connectivity index (χ2v) is 3.95. The lowest BCUT2D eigenvalue weighted by molar-refractivity contribution is 0.0660. The first-order valence-corrected chi connectivity index (χ1v) is 5.02. The van der Waals surface area contributed by atoms with Gasteiger partial charge >= 0.3 is 0 Å². The van der Waals surface area contributed by atoms with E-state index < -0.39 is 0 Å². The molecule has 0 aromatic carbocycles. The van der Waals surface area contributed by atoms with Crippen molar-refractivity contribution >= 4 is 0 Å². The van der Waals surface area contributed by atoms with Gasteiger partial charge in [0, 0.05) is 25.2 Å². The molecule has 2 unspecified atom stereocenters. The second kappa shape index (κ2) is 4.24. The highest BCUT2D eigenvalue weighted by Crippen LogP contribution is 2.21. The van der Waals surface area contributed by atoms with E-state index in [4.69, 9.17) is 4.74 Å². The maximum Gasteiger partial charge on any atom is 0.0716 e. The second-order valence-electron chi connectivity index (χ2n) is 3.95. The van der Waals surface area contributed by atoms with Crippen LogP contribution in [0.3, 0.4) is 0 Å². The van der Waals surface area contributed by atoms with E-state index in [-0.39, 0.29) is 0 Å². The summed E-state index contributed by atoms with van der Waals surface area (Å²) in [4.78, 5) is 2.51. The van der Waals surface area contributed by atoms with Gasteiger partial charge in [-0.05, 0) is 34.1 Å². The molecule has 0 bridgehead atoms. The smallest absolute Gasteiger partial charge is 0.0716 e. The third-order valence-electron chi connectivity index (χ3n) is 2.65. The molecule has 0 saturated carbocycles. The largest absolute Gasteiger partial charge is 0.377 e. The van der Waals surface area contributed by atoms with Crippen LogP contribution in [0.1, 0.15) is 34.1 Å². The summed E-state index contributed by atoms with van der Waals surface area (Å²) in [5.41, 5.74) is 0. The van der Waals surface area contributed by atoms with Gasteiger partial charge in [-0.1, -0.05) is 0 Å². The van der Waals surface area contributed by atoms with Gasteiger partial charge in [0.15, 0.2) is 0 Å². The first kappa shape index (κ1) is 10.0. The van der Waals surface area contributed by atoms with Crippen molar-refractivity contribution in [2.24, 2.45) is 0 Å². The van der Waals surface area contributed by atoms with Gasteiger partial charge in [-0.15, -0.1) is 0 Å². The predicted octanol–water partition coefficient (Wildman–Crippen LogP) is 1.89. The topological polar surface area (TPSA) is 12.5 Å². The lowest BCUT2D eigenvalue weighted by atomic mass is 10.2. The van der Waals surface area contributed by atoms with Gasteiger partial charge in [-0.2, -0.15) is 0 Å². The molecular formula is C10H21NO. The molecule has 2 atom stereocenters. The Morgan fingerprint density at radius 1 is 1.50 bits per heavy atom. The highest BCUT2D eigenvalue weighted by atomic mass is 16.5. The Balaban J connectivity index is 2.39. The van der Waals surface area contributed by atoms with Crippen molar-refractivity contribution in [3.05, 3.63) is 0 Å². The lowest BCUT2D eigenvalue weighted by Crippen LogP contribution is -2.34. The van der Waals surface area contributed by atoms with Crippen LogP contribution in [0.15, 0.2) is 0 Å². The highest BCUT2D eigenvalue weighted by molar-refractivity contribution is 4.84. The molecule has 2 heteroatoms. The molecule has 0 aromatic heterocycles. The average molecular weight is 171 g/mol. The van der Waals surface area contributed by atoms with Crippen LogP contribution in [-0.2, 0) is 4.74 Å². The molecule has 0 radical (unpaired) electrons. The van der Waals surface area contributed by atoms with Crippen molar-refractivity contribution in [2.75, 3.05) is 13.2 Å². The fourth-order valence-electron chi connectivity index (χ4n) is 2.08. The van der Waals surface area contributed by atoms with E-state index in [1.807, 2.05) is 0 Å². The number of nitrogens with zero attached hydrogens (tertiary/aromatic N) is 1. The highest BCUT2D eigenvalue weighted by Gasteiger charge is 2.30. The van der Waals surface area contributed by atoms with Crippen molar-refractivity contribution in [1.82, 2.24) is 4.90 Å². The molecule has 72 valence electrons. The average Bonchev–Trinajstić information content (AvgIpc) is 2.32. The fraction of sp³-hybridized carbons (Fsp3) is 1.00. The Morgan fingerprint density at radius 2 is 2.17 bits per heavy atom. The van der Waals surface area contributed by atoms with Crippen LogP contribution in [0.4, 0.5) is 0 Å². The Morgan fingerprint density at radius 3 is 2.58 bits per heavy atom. The Hall–Kier alpha value is -0.0800. The number of hydrogen-bond donors (Lipinski definition) is 0. The molecule has 1 rings (SSSR count). The predicted molar refractivity (Wildman–Crippen MR) is 51.3 cm³/mol. The summed E-state index contributed by atoms with van der Waals surface area (Å²) in [6.45, 7) is 10.8. The third-order valence-corrected chi connectivity index (χ3v) is 2.65. The first-order valence-electron chi connectivity index (χ1n) is 5.02. The standard InChI is InChI=1S/C10H21NO/c1-5-12-10-6-9(4)11(7-10)8(2)3/h8-10H,5-7H2,1-4H3. The van der Waals surface area contributed by atoms with Crippen LogP contribution in [0.25, 0.3) is 0 Å². The molecule has 0 aromatic rings. The summed E-state index contributed by atoms with van der Waals surface area (Å²) in [6, 6.07) is 1.35. The van der Waals surface area contributed by atoms with Gasteiger partial charge in [0.05, 0.1) is 6.10 Å². The summed E-state index contributed by atoms with van der Waals surface area (Å²) in [5, 5.41) is 0.